The lowest BCUT2D eigenvalue weighted by molar-refractivity contribution is -0.116. The molecule has 2 aliphatic rings. The van der Waals surface area contributed by atoms with Crippen LogP contribution in [-0.4, -0.2) is 55.2 Å². The van der Waals surface area contributed by atoms with Gasteiger partial charge in [-0.15, -0.1) is 0 Å². The molecule has 3 aromatic rings. The zero-order valence-electron chi connectivity index (χ0n) is 20.1. The lowest BCUT2D eigenvalue weighted by Crippen LogP contribution is -2.43. The SMILES string of the molecule is COc1cc2c(=O)n(CC3CCCO3)c(=O)n(CC(=O)Nc3ccc4c(c3)OCCO4)c2cc1OC. The molecule has 0 spiro atoms. The zero-order chi connectivity index (χ0) is 25.2. The third-order valence-corrected chi connectivity index (χ3v) is 6.27. The lowest BCUT2D eigenvalue weighted by Gasteiger charge is -2.19. The fraction of sp³-hybridized carbons (Fsp3) is 0.400. The highest BCUT2D eigenvalue weighted by Crippen LogP contribution is 2.33. The van der Waals surface area contributed by atoms with Crippen molar-refractivity contribution in [3.8, 4) is 23.0 Å². The first kappa shape index (κ1) is 23.7. The van der Waals surface area contributed by atoms with Crippen molar-refractivity contribution in [1.29, 1.82) is 0 Å². The molecule has 1 fully saturated rings. The lowest BCUT2D eigenvalue weighted by atomic mass is 10.2. The standard InChI is InChI=1S/C25H27N3O8/c1-32-20-11-17-18(12-21(20)33-2)27(25(31)28(24(17)30)13-16-4-3-7-34-16)14-23(29)26-15-5-6-19-22(10-15)36-9-8-35-19/h5-6,10-12,16H,3-4,7-9,13-14H2,1-2H3,(H,26,29). The van der Waals surface area contributed by atoms with Crippen LogP contribution in [0.5, 0.6) is 23.0 Å². The van der Waals surface area contributed by atoms with Gasteiger partial charge in [-0.1, -0.05) is 0 Å². The van der Waals surface area contributed by atoms with Crippen LogP contribution in [0.2, 0.25) is 0 Å². The van der Waals surface area contributed by atoms with Crippen molar-refractivity contribution >= 4 is 22.5 Å². The van der Waals surface area contributed by atoms with Crippen LogP contribution in [0.1, 0.15) is 12.8 Å². The number of hydrogen-bond donors (Lipinski definition) is 1. The summed E-state index contributed by atoms with van der Waals surface area (Å²) in [6, 6.07) is 8.13. The van der Waals surface area contributed by atoms with Crippen molar-refractivity contribution < 1.29 is 28.5 Å². The Bertz CT molecular complexity index is 1420. The van der Waals surface area contributed by atoms with E-state index in [0.717, 1.165) is 17.4 Å². The minimum atomic E-state index is -0.604. The molecule has 2 aliphatic heterocycles. The predicted molar refractivity (Wildman–Crippen MR) is 131 cm³/mol. The number of nitrogens with zero attached hydrogens (tertiary/aromatic N) is 2. The van der Waals surface area contributed by atoms with E-state index >= 15 is 0 Å². The highest BCUT2D eigenvalue weighted by atomic mass is 16.6. The van der Waals surface area contributed by atoms with E-state index in [1.807, 2.05) is 0 Å². The smallest absolute Gasteiger partial charge is 0.332 e. The van der Waals surface area contributed by atoms with Crippen molar-refractivity contribution in [3.05, 3.63) is 51.2 Å². The van der Waals surface area contributed by atoms with E-state index in [-0.39, 0.29) is 30.1 Å². The number of nitrogens with one attached hydrogen (secondary N) is 1. The third kappa shape index (κ3) is 4.49. The van der Waals surface area contributed by atoms with Gasteiger partial charge in [0, 0.05) is 24.4 Å². The van der Waals surface area contributed by atoms with Crippen LogP contribution < -0.4 is 35.5 Å². The molecule has 2 aromatic carbocycles. The van der Waals surface area contributed by atoms with Crippen LogP contribution in [0.3, 0.4) is 0 Å². The van der Waals surface area contributed by atoms with E-state index in [1.165, 1.54) is 30.9 Å². The van der Waals surface area contributed by atoms with Crippen LogP contribution in [0.15, 0.2) is 39.9 Å². The summed E-state index contributed by atoms with van der Waals surface area (Å²) in [7, 11) is 2.92. The van der Waals surface area contributed by atoms with Gasteiger partial charge in [0.05, 0.1) is 37.8 Å². The Morgan fingerprint density at radius 2 is 1.75 bits per heavy atom. The molecule has 0 saturated carbocycles. The van der Waals surface area contributed by atoms with Crippen LogP contribution in [0, 0.1) is 0 Å². The van der Waals surface area contributed by atoms with E-state index in [2.05, 4.69) is 5.32 Å². The van der Waals surface area contributed by atoms with Gasteiger partial charge in [0.2, 0.25) is 5.91 Å². The average molecular weight is 498 g/mol. The third-order valence-electron chi connectivity index (χ3n) is 6.27. The minimum Gasteiger partial charge on any atom is -0.493 e. The molecule has 1 unspecified atom stereocenters. The van der Waals surface area contributed by atoms with Crippen molar-refractivity contribution in [2.24, 2.45) is 0 Å². The Morgan fingerprint density at radius 3 is 2.47 bits per heavy atom. The summed E-state index contributed by atoms with van der Waals surface area (Å²) in [6.45, 7) is 1.24. The second kappa shape index (κ2) is 9.94. The Labute approximate surface area is 206 Å². The normalized spacial score (nSPS) is 16.7. The number of amides is 1. The summed E-state index contributed by atoms with van der Waals surface area (Å²) in [6.07, 6.45) is 1.37. The first-order chi connectivity index (χ1) is 17.5. The molecule has 1 amide bonds. The summed E-state index contributed by atoms with van der Waals surface area (Å²) in [5.41, 5.74) is -0.320. The fourth-order valence-corrected chi connectivity index (χ4v) is 4.51. The molecule has 0 radical (unpaired) electrons. The summed E-state index contributed by atoms with van der Waals surface area (Å²) in [4.78, 5) is 39.9. The molecule has 0 bridgehead atoms. The van der Waals surface area contributed by atoms with Crippen molar-refractivity contribution in [1.82, 2.24) is 9.13 Å². The Kier molecular flexibility index (Phi) is 6.55. The Balaban J connectivity index is 1.54. The minimum absolute atomic E-state index is 0.103. The molecule has 190 valence electrons. The second-order valence-corrected chi connectivity index (χ2v) is 8.55. The molecule has 1 aromatic heterocycles. The molecule has 5 rings (SSSR count). The van der Waals surface area contributed by atoms with Gasteiger partial charge in [-0.2, -0.15) is 0 Å². The van der Waals surface area contributed by atoms with Crippen LogP contribution >= 0.6 is 0 Å². The van der Waals surface area contributed by atoms with Gasteiger partial charge in [-0.3, -0.25) is 18.7 Å². The largest absolute Gasteiger partial charge is 0.493 e. The van der Waals surface area contributed by atoms with Crippen molar-refractivity contribution in [2.45, 2.75) is 32.0 Å². The highest BCUT2D eigenvalue weighted by Gasteiger charge is 2.23. The Hall–Kier alpha value is -3.99. The van der Waals surface area contributed by atoms with Crippen LogP contribution in [-0.2, 0) is 22.6 Å². The highest BCUT2D eigenvalue weighted by molar-refractivity contribution is 5.92. The van der Waals surface area contributed by atoms with E-state index in [1.54, 1.807) is 18.2 Å². The summed E-state index contributed by atoms with van der Waals surface area (Å²) in [5.74, 6) is 1.36. The average Bonchev–Trinajstić information content (AvgIpc) is 3.41. The van der Waals surface area contributed by atoms with Gasteiger partial charge in [0.25, 0.3) is 5.56 Å². The van der Waals surface area contributed by atoms with E-state index in [4.69, 9.17) is 23.7 Å². The maximum atomic E-state index is 13.5. The molecule has 3 heterocycles. The first-order valence-electron chi connectivity index (χ1n) is 11.7. The number of benzene rings is 2. The molecule has 11 heteroatoms. The van der Waals surface area contributed by atoms with E-state index < -0.39 is 17.2 Å². The topological polar surface area (TPSA) is 119 Å². The number of ether oxygens (including phenoxy) is 5. The van der Waals surface area contributed by atoms with Crippen LogP contribution in [0.4, 0.5) is 5.69 Å². The van der Waals surface area contributed by atoms with E-state index in [0.29, 0.717) is 48.5 Å². The number of fused-ring (bicyclic) bond motifs is 2. The molecule has 11 nitrogen and oxygen atoms in total. The van der Waals surface area contributed by atoms with Gasteiger partial charge in [-0.05, 0) is 31.0 Å². The Morgan fingerprint density at radius 1 is 1.00 bits per heavy atom. The number of hydrogen-bond acceptors (Lipinski definition) is 8. The molecule has 1 N–H and O–H groups in total. The molecule has 0 aliphatic carbocycles. The molecular formula is C25H27N3O8. The first-order valence-corrected chi connectivity index (χ1v) is 11.7. The zero-order valence-corrected chi connectivity index (χ0v) is 20.1. The summed E-state index contributed by atoms with van der Waals surface area (Å²) >= 11 is 0. The fourth-order valence-electron chi connectivity index (χ4n) is 4.51. The predicted octanol–water partition coefficient (Wildman–Crippen LogP) is 1.77. The molecular weight excluding hydrogens is 470 g/mol. The monoisotopic (exact) mass is 497 g/mol. The number of aromatic nitrogens is 2. The number of anilines is 1. The van der Waals surface area contributed by atoms with Crippen molar-refractivity contribution in [3.63, 3.8) is 0 Å². The molecule has 1 saturated heterocycles. The maximum absolute atomic E-state index is 13.5. The van der Waals surface area contributed by atoms with Gasteiger partial charge in [-0.25, -0.2) is 4.79 Å². The van der Waals surface area contributed by atoms with Crippen LogP contribution in [0.25, 0.3) is 10.9 Å². The van der Waals surface area contributed by atoms with Gasteiger partial charge >= 0.3 is 5.69 Å². The summed E-state index contributed by atoms with van der Waals surface area (Å²) in [5, 5.41) is 3.02. The molecule has 1 atom stereocenters. The number of carbonyl (C=O) groups is 1. The van der Waals surface area contributed by atoms with Gasteiger partial charge in [0.15, 0.2) is 23.0 Å². The number of methoxy groups -OCH3 is 2. The maximum Gasteiger partial charge on any atom is 0.332 e. The number of carbonyl (C=O) groups excluding carboxylic acids is 1. The second-order valence-electron chi connectivity index (χ2n) is 8.55. The van der Waals surface area contributed by atoms with E-state index in [9.17, 15) is 14.4 Å². The van der Waals surface area contributed by atoms with Gasteiger partial charge < -0.3 is 29.0 Å². The molecule has 36 heavy (non-hydrogen) atoms. The summed E-state index contributed by atoms with van der Waals surface area (Å²) < 4.78 is 29.9. The quantitative estimate of drug-likeness (QED) is 0.525. The van der Waals surface area contributed by atoms with Gasteiger partial charge in [0.1, 0.15) is 19.8 Å². The number of rotatable bonds is 7. The van der Waals surface area contributed by atoms with Crippen molar-refractivity contribution in [2.75, 3.05) is 39.4 Å².